The average Bonchev–Trinajstić information content (AvgIpc) is 2.46. The third kappa shape index (κ3) is 4.38. The number of hydrogen-bond donors (Lipinski definition) is 2. The molecule has 110 valence electrons. The highest BCUT2D eigenvalue weighted by Crippen LogP contribution is 2.29. The van der Waals surface area contributed by atoms with E-state index in [0.717, 1.165) is 6.42 Å². The number of amides is 2. The Kier molecular flexibility index (Phi) is 5.48. The predicted octanol–water partition coefficient (Wildman–Crippen LogP) is 4.67. The normalized spacial score (nSPS) is 10.2. The molecule has 0 aliphatic carbocycles. The Morgan fingerprint density at radius 3 is 2.62 bits per heavy atom. The monoisotopic (exact) mass is 322 g/mol. The van der Waals surface area contributed by atoms with Gasteiger partial charge in [0.05, 0.1) is 15.7 Å². The van der Waals surface area contributed by atoms with E-state index in [0.29, 0.717) is 22.3 Å². The first-order valence-electron chi connectivity index (χ1n) is 6.61. The molecule has 0 fully saturated rings. The van der Waals surface area contributed by atoms with Crippen molar-refractivity contribution in [1.82, 2.24) is 5.32 Å². The summed E-state index contributed by atoms with van der Waals surface area (Å²) in [4.78, 5) is 11.8. The quantitative estimate of drug-likeness (QED) is 0.844. The van der Waals surface area contributed by atoms with Crippen molar-refractivity contribution in [3.63, 3.8) is 0 Å². The molecule has 2 aromatic rings. The van der Waals surface area contributed by atoms with E-state index < -0.39 is 0 Å². The molecule has 3 nitrogen and oxygen atoms in total. The molecular formula is C16H16Cl2N2O. The Morgan fingerprint density at radius 2 is 1.86 bits per heavy atom. The van der Waals surface area contributed by atoms with Crippen LogP contribution in [0.25, 0.3) is 0 Å². The van der Waals surface area contributed by atoms with Gasteiger partial charge in [0.25, 0.3) is 0 Å². The van der Waals surface area contributed by atoms with E-state index >= 15 is 0 Å². The lowest BCUT2D eigenvalue weighted by atomic mass is 10.1. The summed E-state index contributed by atoms with van der Waals surface area (Å²) in [5.74, 6) is 0. The molecule has 5 heteroatoms. The van der Waals surface area contributed by atoms with E-state index in [9.17, 15) is 4.79 Å². The lowest BCUT2D eigenvalue weighted by Gasteiger charge is -2.10. The molecule has 2 N–H and O–H groups in total. The first-order valence-corrected chi connectivity index (χ1v) is 7.37. The van der Waals surface area contributed by atoms with Gasteiger partial charge in [-0.2, -0.15) is 0 Å². The van der Waals surface area contributed by atoms with Crippen LogP contribution in [0.1, 0.15) is 11.1 Å². The first-order chi connectivity index (χ1) is 10.1. The van der Waals surface area contributed by atoms with E-state index in [1.807, 2.05) is 12.1 Å². The molecule has 2 rings (SSSR count). The Labute approximate surface area is 134 Å². The van der Waals surface area contributed by atoms with Crippen molar-refractivity contribution in [1.29, 1.82) is 0 Å². The summed E-state index contributed by atoms with van der Waals surface area (Å²) < 4.78 is 0. The number of urea groups is 1. The van der Waals surface area contributed by atoms with Gasteiger partial charge in [0.1, 0.15) is 0 Å². The first kappa shape index (κ1) is 15.7. The molecule has 0 atom stereocenters. The van der Waals surface area contributed by atoms with E-state index in [2.05, 4.69) is 29.7 Å². The summed E-state index contributed by atoms with van der Waals surface area (Å²) in [7, 11) is 0. The number of aryl methyl sites for hydroxylation is 1. The van der Waals surface area contributed by atoms with Gasteiger partial charge >= 0.3 is 6.03 Å². The molecule has 0 saturated carbocycles. The molecule has 0 aromatic heterocycles. The second-order valence-electron chi connectivity index (χ2n) is 4.66. The van der Waals surface area contributed by atoms with Crippen LogP contribution in [0, 0.1) is 6.92 Å². The zero-order valence-corrected chi connectivity index (χ0v) is 13.1. The summed E-state index contributed by atoms with van der Waals surface area (Å²) in [5, 5.41) is 6.24. The highest BCUT2D eigenvalue weighted by atomic mass is 35.5. The fourth-order valence-electron chi connectivity index (χ4n) is 1.97. The Morgan fingerprint density at radius 1 is 1.10 bits per heavy atom. The van der Waals surface area contributed by atoms with Crippen LogP contribution in [-0.4, -0.2) is 12.6 Å². The Bertz CT molecular complexity index is 644. The van der Waals surface area contributed by atoms with Crippen molar-refractivity contribution in [3.8, 4) is 0 Å². The fraction of sp³-hybridized carbons (Fsp3) is 0.188. The molecule has 21 heavy (non-hydrogen) atoms. The molecule has 0 aliphatic rings. The van der Waals surface area contributed by atoms with Crippen LogP contribution < -0.4 is 10.6 Å². The minimum atomic E-state index is -0.298. The maximum Gasteiger partial charge on any atom is 0.319 e. The second-order valence-corrected chi connectivity index (χ2v) is 5.44. The predicted molar refractivity (Wildman–Crippen MR) is 88.4 cm³/mol. The highest BCUT2D eigenvalue weighted by Gasteiger charge is 2.07. The molecule has 0 bridgehead atoms. The van der Waals surface area contributed by atoms with E-state index in [4.69, 9.17) is 23.2 Å². The summed E-state index contributed by atoms with van der Waals surface area (Å²) in [6.07, 6.45) is 0.781. The summed E-state index contributed by atoms with van der Waals surface area (Å²) in [5.41, 5.74) is 2.94. The van der Waals surface area contributed by atoms with Crippen molar-refractivity contribution in [2.45, 2.75) is 13.3 Å². The van der Waals surface area contributed by atoms with E-state index in [1.54, 1.807) is 18.2 Å². The number of hydrogen-bond acceptors (Lipinski definition) is 1. The average molecular weight is 323 g/mol. The summed E-state index contributed by atoms with van der Waals surface area (Å²) >= 11 is 11.9. The number of halogens is 2. The van der Waals surface area contributed by atoms with Crippen LogP contribution in [0.3, 0.4) is 0 Å². The van der Waals surface area contributed by atoms with Gasteiger partial charge < -0.3 is 10.6 Å². The lowest BCUT2D eigenvalue weighted by molar-refractivity contribution is 0.252. The zero-order chi connectivity index (χ0) is 15.2. The SMILES string of the molecule is Cc1ccccc1CCNC(=O)Nc1cccc(Cl)c1Cl. The second kappa shape index (κ2) is 7.34. The maximum absolute atomic E-state index is 11.8. The van der Waals surface area contributed by atoms with Crippen LogP contribution in [0.5, 0.6) is 0 Å². The van der Waals surface area contributed by atoms with Gasteiger partial charge in [0.15, 0.2) is 0 Å². The van der Waals surface area contributed by atoms with Gasteiger partial charge in [-0.25, -0.2) is 4.79 Å². The third-order valence-corrected chi connectivity index (χ3v) is 3.96. The minimum Gasteiger partial charge on any atom is -0.338 e. The van der Waals surface area contributed by atoms with Crippen LogP contribution in [0.15, 0.2) is 42.5 Å². The number of anilines is 1. The highest BCUT2D eigenvalue weighted by molar-refractivity contribution is 6.43. The molecule has 2 amide bonds. The van der Waals surface area contributed by atoms with Crippen molar-refractivity contribution in [2.75, 3.05) is 11.9 Å². The molecule has 2 aromatic carbocycles. The van der Waals surface area contributed by atoms with Crippen LogP contribution >= 0.6 is 23.2 Å². The number of rotatable bonds is 4. The van der Waals surface area contributed by atoms with Crippen molar-refractivity contribution in [3.05, 3.63) is 63.6 Å². The number of benzene rings is 2. The van der Waals surface area contributed by atoms with Crippen LogP contribution in [-0.2, 0) is 6.42 Å². The van der Waals surface area contributed by atoms with Gasteiger partial charge in [0.2, 0.25) is 0 Å². The largest absolute Gasteiger partial charge is 0.338 e. The van der Waals surface area contributed by atoms with Crippen molar-refractivity contribution in [2.24, 2.45) is 0 Å². The lowest BCUT2D eigenvalue weighted by Crippen LogP contribution is -2.30. The summed E-state index contributed by atoms with van der Waals surface area (Å²) in [6, 6.07) is 12.9. The zero-order valence-electron chi connectivity index (χ0n) is 11.6. The van der Waals surface area contributed by atoms with Gasteiger partial charge in [-0.1, -0.05) is 53.5 Å². The molecule has 0 radical (unpaired) electrons. The number of carbonyl (C=O) groups is 1. The van der Waals surface area contributed by atoms with Crippen LogP contribution in [0.4, 0.5) is 10.5 Å². The molecule has 0 heterocycles. The summed E-state index contributed by atoms with van der Waals surface area (Å²) in [6.45, 7) is 2.61. The smallest absolute Gasteiger partial charge is 0.319 e. The maximum atomic E-state index is 11.8. The van der Waals surface area contributed by atoms with Gasteiger partial charge in [0, 0.05) is 6.54 Å². The number of nitrogens with one attached hydrogen (secondary N) is 2. The van der Waals surface area contributed by atoms with Crippen LogP contribution in [0.2, 0.25) is 10.0 Å². The third-order valence-electron chi connectivity index (χ3n) is 3.14. The Balaban J connectivity index is 1.85. The fourth-order valence-corrected chi connectivity index (χ4v) is 2.32. The topological polar surface area (TPSA) is 41.1 Å². The van der Waals surface area contributed by atoms with Crippen molar-refractivity contribution >= 4 is 34.9 Å². The minimum absolute atomic E-state index is 0.298. The number of carbonyl (C=O) groups excluding carboxylic acids is 1. The molecular weight excluding hydrogens is 307 g/mol. The molecule has 0 spiro atoms. The Hall–Kier alpha value is -1.71. The molecule has 0 saturated heterocycles. The van der Waals surface area contributed by atoms with E-state index in [-0.39, 0.29) is 6.03 Å². The standard InChI is InChI=1S/C16H16Cl2N2O/c1-11-5-2-3-6-12(11)9-10-19-16(21)20-14-8-4-7-13(17)15(14)18/h2-8H,9-10H2,1H3,(H2,19,20,21). The van der Waals surface area contributed by atoms with E-state index in [1.165, 1.54) is 11.1 Å². The molecule has 0 aliphatic heterocycles. The van der Waals surface area contributed by atoms with Crippen molar-refractivity contribution < 1.29 is 4.79 Å². The van der Waals surface area contributed by atoms with Gasteiger partial charge in [-0.05, 0) is 36.6 Å². The van der Waals surface area contributed by atoms with Gasteiger partial charge in [-0.3, -0.25) is 0 Å². The molecule has 0 unspecified atom stereocenters. The van der Waals surface area contributed by atoms with Gasteiger partial charge in [-0.15, -0.1) is 0 Å².